The molecular weight excluding hydrogens is 310 g/mol. The lowest BCUT2D eigenvalue weighted by atomic mass is 10.0. The minimum Gasteiger partial charge on any atom is -0.374 e. The summed E-state index contributed by atoms with van der Waals surface area (Å²) >= 11 is 11.9. The molecule has 0 bridgehead atoms. The van der Waals surface area contributed by atoms with E-state index in [1.807, 2.05) is 24.3 Å². The minimum absolute atomic E-state index is 0.0707. The Morgan fingerprint density at radius 2 is 1.67 bits per heavy atom. The third-order valence-corrected chi connectivity index (χ3v) is 4.92. The average molecular weight is 325 g/mol. The first-order valence-electron chi connectivity index (χ1n) is 6.90. The summed E-state index contributed by atoms with van der Waals surface area (Å²) in [5.41, 5.74) is 2.86. The molecule has 1 aliphatic rings. The Morgan fingerprint density at radius 3 is 2.24 bits per heavy atom. The highest BCUT2D eigenvalue weighted by atomic mass is 35.5. The first kappa shape index (κ1) is 14.8. The number of hydrogen-bond donors (Lipinski definition) is 1. The van der Waals surface area contributed by atoms with Gasteiger partial charge in [0.05, 0.1) is 5.02 Å². The van der Waals surface area contributed by atoms with Crippen molar-refractivity contribution in [2.45, 2.75) is 30.2 Å². The monoisotopic (exact) mass is 324 g/mol. The SMILES string of the molecule is CCc1ccc(C2C(c3ccc(Cl)c(F)c3)C2(O)Cl)cc1. The van der Waals surface area contributed by atoms with Crippen molar-refractivity contribution in [1.29, 1.82) is 0 Å². The number of halogens is 3. The molecule has 0 spiro atoms. The summed E-state index contributed by atoms with van der Waals surface area (Å²) in [7, 11) is 0. The first-order chi connectivity index (χ1) is 9.95. The van der Waals surface area contributed by atoms with Crippen LogP contribution < -0.4 is 0 Å². The largest absolute Gasteiger partial charge is 0.374 e. The molecule has 2 aromatic rings. The van der Waals surface area contributed by atoms with Gasteiger partial charge in [-0.3, -0.25) is 0 Å². The number of hydrogen-bond acceptors (Lipinski definition) is 1. The van der Waals surface area contributed by atoms with Crippen LogP contribution in [0.2, 0.25) is 5.02 Å². The molecule has 0 radical (unpaired) electrons. The van der Waals surface area contributed by atoms with Gasteiger partial charge >= 0.3 is 0 Å². The average Bonchev–Trinajstić information content (AvgIpc) is 3.04. The van der Waals surface area contributed by atoms with Gasteiger partial charge < -0.3 is 5.11 Å². The van der Waals surface area contributed by atoms with Crippen LogP contribution >= 0.6 is 23.2 Å². The van der Waals surface area contributed by atoms with Crippen molar-refractivity contribution >= 4 is 23.2 Å². The van der Waals surface area contributed by atoms with Gasteiger partial charge in [0.15, 0.2) is 5.06 Å². The van der Waals surface area contributed by atoms with Crippen molar-refractivity contribution in [1.82, 2.24) is 0 Å². The molecule has 0 aromatic heterocycles. The Balaban J connectivity index is 1.91. The van der Waals surface area contributed by atoms with Crippen LogP contribution in [0.4, 0.5) is 4.39 Å². The van der Waals surface area contributed by atoms with Gasteiger partial charge in [0.25, 0.3) is 0 Å². The number of alkyl halides is 1. The molecule has 3 unspecified atom stereocenters. The standard InChI is InChI=1S/C17H15Cl2FO/c1-2-10-3-5-11(6-4-10)15-16(17(15,19)21)12-7-8-13(18)14(20)9-12/h3-9,15-16,21H,2H2,1H3. The highest BCUT2D eigenvalue weighted by molar-refractivity contribution is 6.30. The minimum atomic E-state index is -1.37. The molecule has 2 aromatic carbocycles. The van der Waals surface area contributed by atoms with Gasteiger partial charge in [0.1, 0.15) is 5.82 Å². The summed E-state index contributed by atoms with van der Waals surface area (Å²) in [5, 5.41) is 9.06. The number of rotatable bonds is 3. The van der Waals surface area contributed by atoms with E-state index >= 15 is 0 Å². The van der Waals surface area contributed by atoms with E-state index in [1.54, 1.807) is 6.07 Å². The summed E-state index contributed by atoms with van der Waals surface area (Å²) in [6.07, 6.45) is 0.960. The molecule has 1 N–H and O–H groups in total. The lowest BCUT2D eigenvalue weighted by Crippen LogP contribution is -2.00. The van der Waals surface area contributed by atoms with Gasteiger partial charge in [-0.2, -0.15) is 0 Å². The lowest BCUT2D eigenvalue weighted by molar-refractivity contribution is 0.224. The Bertz CT molecular complexity index is 667. The second-order valence-corrected chi connectivity index (χ2v) is 6.46. The number of aliphatic hydroxyl groups is 1. The van der Waals surface area contributed by atoms with Crippen LogP contribution in [-0.4, -0.2) is 10.2 Å². The van der Waals surface area contributed by atoms with E-state index in [0.29, 0.717) is 5.56 Å². The van der Waals surface area contributed by atoms with Crippen LogP contribution in [-0.2, 0) is 6.42 Å². The summed E-state index contributed by atoms with van der Waals surface area (Å²) in [6, 6.07) is 12.6. The van der Waals surface area contributed by atoms with Crippen LogP contribution in [0.15, 0.2) is 42.5 Å². The quantitative estimate of drug-likeness (QED) is 0.800. The van der Waals surface area contributed by atoms with Crippen LogP contribution in [0.1, 0.15) is 35.4 Å². The summed E-state index contributed by atoms with van der Waals surface area (Å²) < 4.78 is 13.6. The second-order valence-electron chi connectivity index (χ2n) is 5.45. The second kappa shape index (κ2) is 5.28. The molecule has 1 fully saturated rings. The van der Waals surface area contributed by atoms with Crippen molar-refractivity contribution in [3.05, 3.63) is 70.0 Å². The van der Waals surface area contributed by atoms with Crippen molar-refractivity contribution in [2.24, 2.45) is 0 Å². The molecule has 0 amide bonds. The van der Waals surface area contributed by atoms with Gasteiger partial charge in [0.2, 0.25) is 0 Å². The zero-order chi connectivity index (χ0) is 15.2. The molecule has 0 saturated heterocycles. The number of aryl methyl sites for hydroxylation is 1. The predicted molar refractivity (Wildman–Crippen MR) is 83.5 cm³/mol. The molecular formula is C17H15Cl2FO. The van der Waals surface area contributed by atoms with E-state index in [9.17, 15) is 9.50 Å². The molecule has 1 saturated carbocycles. The maximum Gasteiger partial charge on any atom is 0.153 e. The number of benzene rings is 2. The fourth-order valence-corrected chi connectivity index (χ4v) is 3.42. The zero-order valence-corrected chi connectivity index (χ0v) is 13.0. The van der Waals surface area contributed by atoms with Crippen molar-refractivity contribution < 1.29 is 9.50 Å². The maximum absolute atomic E-state index is 13.6. The third kappa shape index (κ3) is 2.57. The van der Waals surface area contributed by atoms with E-state index in [-0.39, 0.29) is 16.9 Å². The summed E-state index contributed by atoms with van der Waals surface area (Å²) in [5.74, 6) is -1.04. The van der Waals surface area contributed by atoms with Gasteiger partial charge in [-0.1, -0.05) is 60.5 Å². The Labute approximate surface area is 133 Å². The highest BCUT2D eigenvalue weighted by Crippen LogP contribution is 2.66. The smallest absolute Gasteiger partial charge is 0.153 e. The summed E-state index contributed by atoms with van der Waals surface area (Å²) in [6.45, 7) is 2.09. The van der Waals surface area contributed by atoms with Crippen molar-refractivity contribution in [3.63, 3.8) is 0 Å². The lowest BCUT2D eigenvalue weighted by Gasteiger charge is -2.03. The Kier molecular flexibility index (Phi) is 3.73. The molecule has 1 aliphatic carbocycles. The van der Waals surface area contributed by atoms with E-state index in [2.05, 4.69) is 6.92 Å². The Hall–Kier alpha value is -1.09. The van der Waals surface area contributed by atoms with Crippen LogP contribution in [0.25, 0.3) is 0 Å². The molecule has 3 atom stereocenters. The molecule has 110 valence electrons. The van der Waals surface area contributed by atoms with E-state index in [0.717, 1.165) is 12.0 Å². The van der Waals surface area contributed by atoms with Crippen LogP contribution in [0.3, 0.4) is 0 Å². The molecule has 3 rings (SSSR count). The molecule has 0 heterocycles. The van der Waals surface area contributed by atoms with Crippen LogP contribution in [0, 0.1) is 5.82 Å². The van der Waals surface area contributed by atoms with E-state index in [1.165, 1.54) is 17.7 Å². The van der Waals surface area contributed by atoms with E-state index < -0.39 is 10.9 Å². The van der Waals surface area contributed by atoms with Crippen molar-refractivity contribution in [3.8, 4) is 0 Å². The molecule has 4 heteroatoms. The maximum atomic E-state index is 13.6. The third-order valence-electron chi connectivity index (χ3n) is 4.15. The highest BCUT2D eigenvalue weighted by Gasteiger charge is 2.64. The van der Waals surface area contributed by atoms with Gasteiger partial charge in [-0.25, -0.2) is 4.39 Å². The van der Waals surface area contributed by atoms with Gasteiger partial charge in [-0.05, 0) is 35.2 Å². The summed E-state index contributed by atoms with van der Waals surface area (Å²) in [4.78, 5) is 0. The zero-order valence-electron chi connectivity index (χ0n) is 11.5. The van der Waals surface area contributed by atoms with E-state index in [4.69, 9.17) is 23.2 Å². The molecule has 1 nitrogen and oxygen atoms in total. The normalized spacial score (nSPS) is 27.7. The van der Waals surface area contributed by atoms with Gasteiger partial charge in [-0.15, -0.1) is 0 Å². The van der Waals surface area contributed by atoms with Crippen molar-refractivity contribution in [2.75, 3.05) is 0 Å². The molecule has 0 aliphatic heterocycles. The van der Waals surface area contributed by atoms with Crippen LogP contribution in [0.5, 0.6) is 0 Å². The Morgan fingerprint density at radius 1 is 1.10 bits per heavy atom. The topological polar surface area (TPSA) is 20.2 Å². The first-order valence-corrected chi connectivity index (χ1v) is 7.65. The molecule has 21 heavy (non-hydrogen) atoms. The fraction of sp³-hybridized carbons (Fsp3) is 0.294. The fourth-order valence-electron chi connectivity index (χ4n) is 2.86. The predicted octanol–water partition coefficient (Wildman–Crippen LogP) is 4.85. The van der Waals surface area contributed by atoms with Gasteiger partial charge in [0, 0.05) is 11.8 Å².